The van der Waals surface area contributed by atoms with Crippen LogP contribution in [-0.2, 0) is 26.2 Å². The third-order valence-electron chi connectivity index (χ3n) is 7.82. The first kappa shape index (κ1) is 32.0. The smallest absolute Gasteiger partial charge is 0.264 e. The summed E-state index contributed by atoms with van der Waals surface area (Å²) in [5, 5.41) is 3.12. The number of aryl methyl sites for hydroxylation is 1. The minimum atomic E-state index is -4.23. The van der Waals surface area contributed by atoms with Gasteiger partial charge in [-0.05, 0) is 73.7 Å². The zero-order valence-corrected chi connectivity index (χ0v) is 25.8. The molecule has 1 atom stereocenters. The Morgan fingerprint density at radius 1 is 1.00 bits per heavy atom. The molecule has 0 saturated heterocycles. The zero-order valence-electron chi connectivity index (χ0n) is 25.0. The van der Waals surface area contributed by atoms with Crippen molar-refractivity contribution in [1.82, 2.24) is 10.2 Å². The van der Waals surface area contributed by atoms with Crippen LogP contribution in [0.15, 0.2) is 77.7 Å². The number of amides is 2. The second-order valence-corrected chi connectivity index (χ2v) is 12.8. The summed E-state index contributed by atoms with van der Waals surface area (Å²) in [5.74, 6) is -0.992. The molecule has 0 aromatic heterocycles. The Kier molecular flexibility index (Phi) is 10.8. The van der Waals surface area contributed by atoms with E-state index in [2.05, 4.69) is 5.32 Å². The predicted molar refractivity (Wildman–Crippen MR) is 165 cm³/mol. The molecule has 1 saturated carbocycles. The van der Waals surface area contributed by atoms with Gasteiger partial charge in [-0.25, -0.2) is 12.8 Å². The van der Waals surface area contributed by atoms with E-state index in [4.69, 9.17) is 4.74 Å². The van der Waals surface area contributed by atoms with Crippen molar-refractivity contribution in [1.29, 1.82) is 0 Å². The van der Waals surface area contributed by atoms with E-state index in [9.17, 15) is 22.4 Å². The number of carbonyl (C=O) groups excluding carboxylic acids is 2. The van der Waals surface area contributed by atoms with Crippen LogP contribution in [0.2, 0.25) is 0 Å². The van der Waals surface area contributed by atoms with Crippen molar-refractivity contribution >= 4 is 27.5 Å². The molecule has 230 valence electrons. The first-order chi connectivity index (χ1) is 20.6. The molecule has 1 aliphatic carbocycles. The summed E-state index contributed by atoms with van der Waals surface area (Å²) in [4.78, 5) is 29.3. The first-order valence-electron chi connectivity index (χ1n) is 14.7. The second-order valence-electron chi connectivity index (χ2n) is 10.9. The number of halogens is 1. The molecular weight excluding hydrogens is 569 g/mol. The van der Waals surface area contributed by atoms with Gasteiger partial charge in [-0.2, -0.15) is 0 Å². The number of ether oxygens (including phenoxy) is 1. The van der Waals surface area contributed by atoms with E-state index in [-0.39, 0.29) is 34.8 Å². The number of nitrogens with zero attached hydrogens (tertiary/aromatic N) is 2. The lowest BCUT2D eigenvalue weighted by molar-refractivity contribution is -0.140. The molecule has 3 aromatic rings. The Balaban J connectivity index is 1.74. The number of nitrogens with one attached hydrogen (secondary N) is 1. The highest BCUT2D eigenvalue weighted by Gasteiger charge is 2.35. The summed E-state index contributed by atoms with van der Waals surface area (Å²) in [6.45, 7) is 3.06. The van der Waals surface area contributed by atoms with Crippen molar-refractivity contribution in [3.8, 4) is 5.75 Å². The van der Waals surface area contributed by atoms with Gasteiger partial charge in [0, 0.05) is 12.6 Å². The van der Waals surface area contributed by atoms with Crippen molar-refractivity contribution in [2.45, 2.75) is 75.9 Å². The second kappa shape index (κ2) is 14.5. The van der Waals surface area contributed by atoms with Crippen LogP contribution in [0.5, 0.6) is 5.75 Å². The quantitative estimate of drug-likeness (QED) is 0.289. The Morgan fingerprint density at radius 2 is 1.67 bits per heavy atom. The van der Waals surface area contributed by atoms with Crippen LogP contribution in [0.3, 0.4) is 0 Å². The molecule has 0 heterocycles. The molecule has 0 bridgehead atoms. The first-order valence-corrected chi connectivity index (χ1v) is 16.1. The summed E-state index contributed by atoms with van der Waals surface area (Å²) in [5.41, 5.74) is 1.60. The summed E-state index contributed by atoms with van der Waals surface area (Å²) < 4.78 is 48.4. The predicted octanol–water partition coefficient (Wildman–Crippen LogP) is 5.59. The molecular formula is C33H40FN3O5S. The SMILES string of the molecule is CC[C@@H](C(=O)NC1CCCCC1)N(Cc1ccc(F)cc1)C(=O)CN(c1cc(C)ccc1OC)S(=O)(=O)c1ccccc1. The lowest BCUT2D eigenvalue weighted by Crippen LogP contribution is -2.54. The van der Waals surface area contributed by atoms with Crippen LogP contribution >= 0.6 is 0 Å². The van der Waals surface area contributed by atoms with Gasteiger partial charge in [-0.15, -0.1) is 0 Å². The van der Waals surface area contributed by atoms with Crippen molar-refractivity contribution < 1.29 is 27.1 Å². The number of carbonyl (C=O) groups is 2. The average molecular weight is 610 g/mol. The van der Waals surface area contributed by atoms with E-state index in [0.29, 0.717) is 12.0 Å². The van der Waals surface area contributed by atoms with Crippen LogP contribution in [-0.4, -0.2) is 50.9 Å². The number of hydrogen-bond donors (Lipinski definition) is 1. The monoisotopic (exact) mass is 609 g/mol. The van der Waals surface area contributed by atoms with Gasteiger partial charge < -0.3 is 15.0 Å². The van der Waals surface area contributed by atoms with Crippen LogP contribution in [0.4, 0.5) is 10.1 Å². The maximum atomic E-state index is 14.3. The summed E-state index contributed by atoms with van der Waals surface area (Å²) in [6.07, 6.45) is 5.27. The van der Waals surface area contributed by atoms with Crippen molar-refractivity contribution in [2.24, 2.45) is 0 Å². The largest absolute Gasteiger partial charge is 0.495 e. The van der Waals surface area contributed by atoms with Gasteiger partial charge in [0.05, 0.1) is 17.7 Å². The Hall–Kier alpha value is -3.92. The molecule has 0 radical (unpaired) electrons. The minimum absolute atomic E-state index is 0.000115. The topological polar surface area (TPSA) is 96.0 Å². The number of hydrogen-bond acceptors (Lipinski definition) is 5. The van der Waals surface area contributed by atoms with Gasteiger partial charge in [0.1, 0.15) is 24.2 Å². The highest BCUT2D eigenvalue weighted by Crippen LogP contribution is 2.34. The Morgan fingerprint density at radius 3 is 2.30 bits per heavy atom. The fourth-order valence-electron chi connectivity index (χ4n) is 5.48. The normalized spacial score (nSPS) is 14.5. The number of benzene rings is 3. The van der Waals surface area contributed by atoms with Gasteiger partial charge in [-0.1, -0.05) is 62.6 Å². The number of methoxy groups -OCH3 is 1. The van der Waals surface area contributed by atoms with Crippen molar-refractivity contribution in [2.75, 3.05) is 18.0 Å². The van der Waals surface area contributed by atoms with Gasteiger partial charge in [0.15, 0.2) is 0 Å². The maximum Gasteiger partial charge on any atom is 0.264 e. The zero-order chi connectivity index (χ0) is 31.0. The molecule has 1 aliphatic rings. The van der Waals surface area contributed by atoms with E-state index in [0.717, 1.165) is 42.0 Å². The van der Waals surface area contributed by atoms with Gasteiger partial charge in [0.25, 0.3) is 10.0 Å². The molecule has 1 N–H and O–H groups in total. The molecule has 0 spiro atoms. The maximum absolute atomic E-state index is 14.3. The Bertz CT molecular complexity index is 1490. The molecule has 8 nitrogen and oxygen atoms in total. The molecule has 3 aromatic carbocycles. The summed E-state index contributed by atoms with van der Waals surface area (Å²) in [7, 11) is -2.79. The van der Waals surface area contributed by atoms with Crippen LogP contribution < -0.4 is 14.4 Å². The molecule has 2 amide bonds. The fraction of sp³-hybridized carbons (Fsp3) is 0.394. The molecule has 4 rings (SSSR count). The molecule has 0 unspecified atom stereocenters. The molecule has 1 fully saturated rings. The van der Waals surface area contributed by atoms with Crippen LogP contribution in [0.1, 0.15) is 56.6 Å². The van der Waals surface area contributed by atoms with Crippen LogP contribution in [0, 0.1) is 12.7 Å². The lowest BCUT2D eigenvalue weighted by Gasteiger charge is -2.34. The summed E-state index contributed by atoms with van der Waals surface area (Å²) in [6, 6.07) is 17.9. The van der Waals surface area contributed by atoms with E-state index in [1.807, 2.05) is 13.8 Å². The van der Waals surface area contributed by atoms with E-state index in [1.165, 1.54) is 36.3 Å². The molecule has 10 heteroatoms. The van der Waals surface area contributed by atoms with Gasteiger partial charge in [-0.3, -0.25) is 13.9 Å². The van der Waals surface area contributed by atoms with Gasteiger partial charge >= 0.3 is 0 Å². The fourth-order valence-corrected chi connectivity index (χ4v) is 6.92. The number of anilines is 1. The third-order valence-corrected chi connectivity index (χ3v) is 9.59. The third kappa shape index (κ3) is 7.93. The van der Waals surface area contributed by atoms with Crippen molar-refractivity contribution in [3.05, 3.63) is 89.7 Å². The summed E-state index contributed by atoms with van der Waals surface area (Å²) >= 11 is 0. The van der Waals surface area contributed by atoms with Crippen molar-refractivity contribution in [3.63, 3.8) is 0 Å². The van der Waals surface area contributed by atoms with E-state index in [1.54, 1.807) is 48.5 Å². The molecule has 43 heavy (non-hydrogen) atoms. The van der Waals surface area contributed by atoms with Crippen LogP contribution in [0.25, 0.3) is 0 Å². The highest BCUT2D eigenvalue weighted by atomic mass is 32.2. The Labute approximate surface area is 253 Å². The van der Waals surface area contributed by atoms with E-state index >= 15 is 0 Å². The average Bonchev–Trinajstić information content (AvgIpc) is 3.01. The van der Waals surface area contributed by atoms with E-state index < -0.39 is 34.3 Å². The number of rotatable bonds is 12. The minimum Gasteiger partial charge on any atom is -0.495 e. The van der Waals surface area contributed by atoms with Gasteiger partial charge in [0.2, 0.25) is 11.8 Å². The lowest BCUT2D eigenvalue weighted by atomic mass is 9.95. The highest BCUT2D eigenvalue weighted by molar-refractivity contribution is 7.92. The molecule has 0 aliphatic heterocycles. The standard InChI is InChI=1S/C33H40FN3O5S/c1-4-29(33(39)35-27-11-7-5-8-12-27)36(22-25-16-18-26(34)19-17-25)32(38)23-37(30-21-24(2)15-20-31(30)42-3)43(40,41)28-13-9-6-10-14-28/h6,9-10,13-21,27,29H,4-5,7-8,11-12,22-23H2,1-3H3,(H,35,39)/t29-/m0/s1. The number of sulfonamides is 1.